The molecule has 3 heteroatoms. The molecule has 1 nitrogen and oxygen atoms in total. The topological polar surface area (TPSA) is 12.0 Å². The summed E-state index contributed by atoms with van der Waals surface area (Å²) in [5, 5.41) is 4.37. The first-order valence-electron chi connectivity index (χ1n) is 5.46. The quantitative estimate of drug-likeness (QED) is 0.812. The molecule has 15 heavy (non-hydrogen) atoms. The number of halogens is 2. The Hall–Kier alpha value is -0.0500. The average molecular weight is 289 g/mol. The SMILES string of the molecule is Clc1ccc(C2CCCCCN2)cc1Br. The molecular formula is C12H15BrClN. The van der Waals surface area contributed by atoms with E-state index in [1.807, 2.05) is 6.07 Å². The van der Waals surface area contributed by atoms with Gasteiger partial charge in [-0.05, 0) is 53.0 Å². The van der Waals surface area contributed by atoms with E-state index in [0.717, 1.165) is 16.0 Å². The Morgan fingerprint density at radius 3 is 2.93 bits per heavy atom. The lowest BCUT2D eigenvalue weighted by Gasteiger charge is -2.16. The minimum atomic E-state index is 0.501. The van der Waals surface area contributed by atoms with Gasteiger partial charge in [-0.1, -0.05) is 30.5 Å². The van der Waals surface area contributed by atoms with Gasteiger partial charge in [0, 0.05) is 10.5 Å². The highest BCUT2D eigenvalue weighted by atomic mass is 79.9. The summed E-state index contributed by atoms with van der Waals surface area (Å²) in [6.45, 7) is 1.13. The summed E-state index contributed by atoms with van der Waals surface area (Å²) in [4.78, 5) is 0. The van der Waals surface area contributed by atoms with E-state index in [0.29, 0.717) is 6.04 Å². The molecule has 0 radical (unpaired) electrons. The molecule has 1 fully saturated rings. The molecular weight excluding hydrogens is 273 g/mol. The van der Waals surface area contributed by atoms with Gasteiger partial charge in [0.2, 0.25) is 0 Å². The lowest BCUT2D eigenvalue weighted by atomic mass is 10.0. The molecule has 1 saturated heterocycles. The molecule has 1 aromatic rings. The van der Waals surface area contributed by atoms with Gasteiger partial charge in [-0.2, -0.15) is 0 Å². The fraction of sp³-hybridized carbons (Fsp3) is 0.500. The number of nitrogens with one attached hydrogen (secondary N) is 1. The van der Waals surface area contributed by atoms with Gasteiger partial charge in [-0.15, -0.1) is 0 Å². The molecule has 0 aromatic heterocycles. The molecule has 1 N–H and O–H groups in total. The minimum Gasteiger partial charge on any atom is -0.310 e. The van der Waals surface area contributed by atoms with E-state index in [1.54, 1.807) is 0 Å². The molecule has 1 heterocycles. The highest BCUT2D eigenvalue weighted by molar-refractivity contribution is 9.10. The highest BCUT2D eigenvalue weighted by Crippen LogP contribution is 2.29. The zero-order valence-corrected chi connectivity index (χ0v) is 10.9. The monoisotopic (exact) mass is 287 g/mol. The predicted molar refractivity (Wildman–Crippen MR) is 68.4 cm³/mol. The van der Waals surface area contributed by atoms with Gasteiger partial charge in [0.25, 0.3) is 0 Å². The standard InChI is InChI=1S/C12H15BrClN/c13-10-8-9(5-6-11(10)14)12-4-2-1-3-7-15-12/h5-6,8,12,15H,1-4,7H2. The van der Waals surface area contributed by atoms with Crippen LogP contribution in [0.25, 0.3) is 0 Å². The van der Waals surface area contributed by atoms with Crippen molar-refractivity contribution in [2.24, 2.45) is 0 Å². The second-order valence-corrected chi connectivity index (χ2v) is 5.29. The predicted octanol–water partition coefficient (Wildman–Crippen LogP) is 4.31. The summed E-state index contributed by atoms with van der Waals surface area (Å²) in [5.74, 6) is 0. The lowest BCUT2D eigenvalue weighted by Crippen LogP contribution is -2.20. The smallest absolute Gasteiger partial charge is 0.0548 e. The number of rotatable bonds is 1. The Bertz CT molecular complexity index is 332. The van der Waals surface area contributed by atoms with Gasteiger partial charge in [-0.25, -0.2) is 0 Å². The minimum absolute atomic E-state index is 0.501. The van der Waals surface area contributed by atoms with Crippen LogP contribution < -0.4 is 5.32 Å². The first-order valence-corrected chi connectivity index (χ1v) is 6.63. The molecule has 0 amide bonds. The van der Waals surface area contributed by atoms with Crippen molar-refractivity contribution < 1.29 is 0 Å². The van der Waals surface area contributed by atoms with Gasteiger partial charge in [0.05, 0.1) is 5.02 Å². The van der Waals surface area contributed by atoms with E-state index in [1.165, 1.54) is 31.2 Å². The summed E-state index contributed by atoms with van der Waals surface area (Å²) in [6, 6.07) is 6.72. The molecule has 0 aliphatic carbocycles. The number of hydrogen-bond acceptors (Lipinski definition) is 1. The van der Waals surface area contributed by atoms with Crippen LogP contribution in [0.4, 0.5) is 0 Å². The van der Waals surface area contributed by atoms with E-state index >= 15 is 0 Å². The van der Waals surface area contributed by atoms with Crippen LogP contribution in [-0.4, -0.2) is 6.54 Å². The molecule has 0 spiro atoms. The van der Waals surface area contributed by atoms with E-state index < -0.39 is 0 Å². The largest absolute Gasteiger partial charge is 0.310 e. The Morgan fingerprint density at radius 1 is 1.27 bits per heavy atom. The first kappa shape index (κ1) is 11.4. The first-order chi connectivity index (χ1) is 7.27. The fourth-order valence-corrected chi connectivity index (χ4v) is 2.56. The van der Waals surface area contributed by atoms with Crippen molar-refractivity contribution in [2.45, 2.75) is 31.7 Å². The van der Waals surface area contributed by atoms with Crippen LogP contribution in [-0.2, 0) is 0 Å². The highest BCUT2D eigenvalue weighted by Gasteiger charge is 2.14. The fourth-order valence-electron chi connectivity index (χ4n) is 2.04. The van der Waals surface area contributed by atoms with Crippen molar-refractivity contribution >= 4 is 27.5 Å². The molecule has 1 aliphatic rings. The van der Waals surface area contributed by atoms with E-state index in [-0.39, 0.29) is 0 Å². The van der Waals surface area contributed by atoms with Gasteiger partial charge < -0.3 is 5.32 Å². The normalized spacial score (nSPS) is 22.4. The van der Waals surface area contributed by atoms with Crippen LogP contribution in [0.2, 0.25) is 5.02 Å². The van der Waals surface area contributed by atoms with Crippen molar-refractivity contribution in [3.8, 4) is 0 Å². The summed E-state index contributed by atoms with van der Waals surface area (Å²) in [6.07, 6.45) is 5.19. The van der Waals surface area contributed by atoms with Gasteiger partial charge in [0.1, 0.15) is 0 Å². The Kier molecular flexibility index (Phi) is 4.06. The maximum absolute atomic E-state index is 5.98. The van der Waals surface area contributed by atoms with Crippen LogP contribution in [0.1, 0.15) is 37.3 Å². The molecule has 2 rings (SSSR count). The van der Waals surface area contributed by atoms with Crippen molar-refractivity contribution in [3.63, 3.8) is 0 Å². The van der Waals surface area contributed by atoms with Crippen LogP contribution in [0.15, 0.2) is 22.7 Å². The summed E-state index contributed by atoms with van der Waals surface area (Å²) >= 11 is 9.46. The van der Waals surface area contributed by atoms with Crippen LogP contribution in [0.3, 0.4) is 0 Å². The Balaban J connectivity index is 2.16. The molecule has 1 unspecified atom stereocenters. The van der Waals surface area contributed by atoms with Crippen molar-refractivity contribution in [1.82, 2.24) is 5.32 Å². The molecule has 1 aliphatic heterocycles. The number of benzene rings is 1. The molecule has 1 aromatic carbocycles. The lowest BCUT2D eigenvalue weighted by molar-refractivity contribution is 0.534. The summed E-state index contributed by atoms with van der Waals surface area (Å²) in [7, 11) is 0. The zero-order valence-electron chi connectivity index (χ0n) is 8.60. The Morgan fingerprint density at radius 2 is 2.13 bits per heavy atom. The van der Waals surface area contributed by atoms with Gasteiger partial charge in [-0.3, -0.25) is 0 Å². The van der Waals surface area contributed by atoms with E-state index in [2.05, 4.69) is 33.4 Å². The van der Waals surface area contributed by atoms with Gasteiger partial charge in [0.15, 0.2) is 0 Å². The van der Waals surface area contributed by atoms with Crippen molar-refractivity contribution in [3.05, 3.63) is 33.3 Å². The van der Waals surface area contributed by atoms with Crippen LogP contribution in [0.5, 0.6) is 0 Å². The zero-order chi connectivity index (χ0) is 10.7. The van der Waals surface area contributed by atoms with E-state index in [4.69, 9.17) is 11.6 Å². The van der Waals surface area contributed by atoms with Crippen molar-refractivity contribution in [2.75, 3.05) is 6.54 Å². The maximum Gasteiger partial charge on any atom is 0.0548 e. The third kappa shape index (κ3) is 2.96. The second kappa shape index (κ2) is 5.33. The van der Waals surface area contributed by atoms with Crippen LogP contribution in [0, 0.1) is 0 Å². The molecule has 82 valence electrons. The van der Waals surface area contributed by atoms with Gasteiger partial charge >= 0.3 is 0 Å². The molecule has 1 atom stereocenters. The Labute approximate surface area is 104 Å². The van der Waals surface area contributed by atoms with E-state index in [9.17, 15) is 0 Å². The van der Waals surface area contributed by atoms with Crippen LogP contribution >= 0.6 is 27.5 Å². The maximum atomic E-state index is 5.98. The number of hydrogen-bond donors (Lipinski definition) is 1. The third-order valence-corrected chi connectivity index (χ3v) is 4.12. The molecule has 0 saturated carbocycles. The third-order valence-electron chi connectivity index (χ3n) is 2.91. The van der Waals surface area contributed by atoms with Crippen molar-refractivity contribution in [1.29, 1.82) is 0 Å². The summed E-state index contributed by atoms with van der Waals surface area (Å²) < 4.78 is 0.993. The summed E-state index contributed by atoms with van der Waals surface area (Å²) in [5.41, 5.74) is 1.34. The average Bonchev–Trinajstić information content (AvgIpc) is 2.50. The molecule has 0 bridgehead atoms. The second-order valence-electron chi connectivity index (χ2n) is 4.03.